The van der Waals surface area contributed by atoms with Crippen molar-refractivity contribution in [3.63, 3.8) is 0 Å². The van der Waals surface area contributed by atoms with Gasteiger partial charge in [-0.05, 0) is 24.6 Å². The van der Waals surface area contributed by atoms with Crippen molar-refractivity contribution in [1.82, 2.24) is 4.98 Å². The second kappa shape index (κ2) is 5.90. The zero-order valence-electron chi connectivity index (χ0n) is 9.85. The average Bonchev–Trinajstić information content (AvgIpc) is 2.36. The van der Waals surface area contributed by atoms with Crippen LogP contribution in [0.15, 0.2) is 41.4 Å². The highest BCUT2D eigenvalue weighted by atomic mass is 35.5. The molecule has 90 valence electrons. The quantitative estimate of drug-likeness (QED) is 0.621. The van der Waals surface area contributed by atoms with Crippen LogP contribution < -0.4 is 0 Å². The zero-order valence-corrected chi connectivity index (χ0v) is 11.4. The van der Waals surface area contributed by atoms with Crippen molar-refractivity contribution in [1.29, 1.82) is 5.26 Å². The van der Waals surface area contributed by atoms with Crippen molar-refractivity contribution in [3.05, 3.63) is 58.2 Å². The van der Waals surface area contributed by atoms with E-state index < -0.39 is 0 Å². The van der Waals surface area contributed by atoms with Crippen LogP contribution in [0.25, 0.3) is 0 Å². The summed E-state index contributed by atoms with van der Waals surface area (Å²) in [5.41, 5.74) is 3.02. The Labute approximate surface area is 116 Å². The highest BCUT2D eigenvalue weighted by Gasteiger charge is 2.02. The Hall–Kier alpha value is -1.50. The third kappa shape index (κ3) is 3.49. The number of halogens is 1. The second-order valence-electron chi connectivity index (χ2n) is 3.91. The molecule has 0 fully saturated rings. The molecule has 0 unspecified atom stereocenters. The predicted molar refractivity (Wildman–Crippen MR) is 74.7 cm³/mol. The van der Waals surface area contributed by atoms with Gasteiger partial charge in [-0.2, -0.15) is 5.26 Å². The van der Waals surface area contributed by atoms with Crippen molar-refractivity contribution in [2.45, 2.75) is 17.7 Å². The van der Waals surface area contributed by atoms with E-state index in [-0.39, 0.29) is 0 Å². The normalized spacial score (nSPS) is 10.1. The monoisotopic (exact) mass is 274 g/mol. The van der Waals surface area contributed by atoms with Gasteiger partial charge in [-0.3, -0.25) is 0 Å². The highest BCUT2D eigenvalue weighted by Crippen LogP contribution is 2.24. The van der Waals surface area contributed by atoms with Gasteiger partial charge in [-0.1, -0.05) is 41.4 Å². The van der Waals surface area contributed by atoms with Crippen molar-refractivity contribution in [2.75, 3.05) is 0 Å². The summed E-state index contributed by atoms with van der Waals surface area (Å²) in [5.74, 6) is 0.819. The fourth-order valence-corrected chi connectivity index (χ4v) is 2.70. The summed E-state index contributed by atoms with van der Waals surface area (Å²) in [4.78, 5) is 4.20. The molecule has 0 spiro atoms. The lowest BCUT2D eigenvalue weighted by Crippen LogP contribution is -1.87. The molecule has 2 rings (SSSR count). The highest BCUT2D eigenvalue weighted by molar-refractivity contribution is 7.98. The molecule has 0 radical (unpaired) electrons. The van der Waals surface area contributed by atoms with Crippen LogP contribution in [-0.4, -0.2) is 4.98 Å². The number of benzene rings is 1. The van der Waals surface area contributed by atoms with Gasteiger partial charge in [0.15, 0.2) is 0 Å². The Morgan fingerprint density at radius 2 is 2.17 bits per heavy atom. The molecule has 4 heteroatoms. The number of aromatic nitrogens is 1. The van der Waals surface area contributed by atoms with Gasteiger partial charge in [0.05, 0.1) is 16.7 Å². The second-order valence-corrected chi connectivity index (χ2v) is 5.29. The van der Waals surface area contributed by atoms with E-state index in [1.165, 1.54) is 11.1 Å². The molecule has 0 N–H and O–H groups in total. The third-order valence-corrected chi connectivity index (χ3v) is 3.55. The number of hydrogen-bond donors (Lipinski definition) is 0. The first-order valence-corrected chi connectivity index (χ1v) is 6.80. The molecular weight excluding hydrogens is 264 g/mol. The Morgan fingerprint density at radius 3 is 2.89 bits per heavy atom. The third-order valence-electron chi connectivity index (χ3n) is 2.37. The Balaban J connectivity index is 2.11. The van der Waals surface area contributed by atoms with Gasteiger partial charge in [0.25, 0.3) is 0 Å². The van der Waals surface area contributed by atoms with Crippen molar-refractivity contribution >= 4 is 23.4 Å². The maximum absolute atomic E-state index is 8.86. The van der Waals surface area contributed by atoms with Crippen LogP contribution in [-0.2, 0) is 5.75 Å². The lowest BCUT2D eigenvalue weighted by atomic mass is 10.2. The van der Waals surface area contributed by atoms with E-state index in [4.69, 9.17) is 16.9 Å². The summed E-state index contributed by atoms with van der Waals surface area (Å²) < 4.78 is 0. The number of nitrogens with zero attached hydrogens (tertiary/aromatic N) is 2. The summed E-state index contributed by atoms with van der Waals surface area (Å²) in [6.07, 6.45) is 0. The van der Waals surface area contributed by atoms with Crippen molar-refractivity contribution in [2.24, 2.45) is 0 Å². The van der Waals surface area contributed by atoms with Gasteiger partial charge in [0, 0.05) is 5.75 Å². The SMILES string of the molecule is Cc1cccc(CSc2cc(C#N)cc(Cl)n2)c1. The molecular formula is C14H11ClN2S. The first-order chi connectivity index (χ1) is 8.67. The van der Waals surface area contributed by atoms with Gasteiger partial charge < -0.3 is 0 Å². The minimum Gasteiger partial charge on any atom is -0.230 e. The fourth-order valence-electron chi connectivity index (χ4n) is 1.57. The molecule has 2 aromatic rings. The van der Waals surface area contributed by atoms with Crippen LogP contribution in [0.1, 0.15) is 16.7 Å². The van der Waals surface area contributed by atoms with Gasteiger partial charge in [0.2, 0.25) is 0 Å². The van der Waals surface area contributed by atoms with Crippen LogP contribution >= 0.6 is 23.4 Å². The van der Waals surface area contributed by atoms with Gasteiger partial charge in [-0.25, -0.2) is 4.98 Å². The van der Waals surface area contributed by atoms with E-state index in [0.29, 0.717) is 10.7 Å². The van der Waals surface area contributed by atoms with E-state index in [1.807, 2.05) is 6.07 Å². The van der Waals surface area contributed by atoms with Crippen LogP contribution in [0.5, 0.6) is 0 Å². The minimum atomic E-state index is 0.362. The molecule has 0 bridgehead atoms. The largest absolute Gasteiger partial charge is 0.230 e. The molecule has 1 aromatic heterocycles. The zero-order chi connectivity index (χ0) is 13.0. The lowest BCUT2D eigenvalue weighted by Gasteiger charge is -2.03. The minimum absolute atomic E-state index is 0.362. The lowest BCUT2D eigenvalue weighted by molar-refractivity contribution is 1.12. The van der Waals surface area contributed by atoms with E-state index in [1.54, 1.807) is 23.9 Å². The summed E-state index contributed by atoms with van der Waals surface area (Å²) in [6.45, 7) is 2.07. The molecule has 0 amide bonds. The van der Waals surface area contributed by atoms with Gasteiger partial charge >= 0.3 is 0 Å². The smallest absolute Gasteiger partial charge is 0.131 e. The summed E-state index contributed by atoms with van der Waals surface area (Å²) in [6, 6.07) is 13.7. The molecule has 0 aliphatic heterocycles. The molecule has 0 atom stereocenters. The number of thioether (sulfide) groups is 1. The number of nitriles is 1. The molecule has 0 aliphatic carbocycles. The summed E-state index contributed by atoms with van der Waals surface area (Å²) in [5, 5.41) is 10.0. The summed E-state index contributed by atoms with van der Waals surface area (Å²) >= 11 is 7.44. The fraction of sp³-hybridized carbons (Fsp3) is 0.143. The molecule has 0 saturated heterocycles. The molecule has 1 heterocycles. The van der Waals surface area contributed by atoms with E-state index in [2.05, 4.69) is 36.2 Å². The van der Waals surface area contributed by atoms with E-state index in [9.17, 15) is 0 Å². The average molecular weight is 275 g/mol. The van der Waals surface area contributed by atoms with Crippen LogP contribution in [0.4, 0.5) is 0 Å². The Bertz CT molecular complexity index is 605. The Morgan fingerprint density at radius 1 is 1.33 bits per heavy atom. The van der Waals surface area contributed by atoms with Crippen LogP contribution in [0.2, 0.25) is 5.15 Å². The maximum Gasteiger partial charge on any atom is 0.131 e. The summed E-state index contributed by atoms with van der Waals surface area (Å²) in [7, 11) is 0. The van der Waals surface area contributed by atoms with E-state index in [0.717, 1.165) is 10.8 Å². The number of rotatable bonds is 3. The van der Waals surface area contributed by atoms with Crippen LogP contribution in [0.3, 0.4) is 0 Å². The van der Waals surface area contributed by atoms with E-state index >= 15 is 0 Å². The molecule has 18 heavy (non-hydrogen) atoms. The standard InChI is InChI=1S/C14H11ClN2S/c1-10-3-2-4-11(5-10)9-18-14-7-12(8-16)6-13(15)17-14/h2-7H,9H2,1H3. The first-order valence-electron chi connectivity index (χ1n) is 5.43. The molecule has 1 aromatic carbocycles. The number of pyridine rings is 1. The topological polar surface area (TPSA) is 36.7 Å². The number of aryl methyl sites for hydroxylation is 1. The molecule has 0 aliphatic rings. The molecule has 0 saturated carbocycles. The predicted octanol–water partition coefficient (Wildman–Crippen LogP) is 4.21. The van der Waals surface area contributed by atoms with Crippen molar-refractivity contribution in [3.8, 4) is 6.07 Å². The number of hydrogen-bond acceptors (Lipinski definition) is 3. The Kier molecular flexibility index (Phi) is 4.24. The van der Waals surface area contributed by atoms with Gasteiger partial charge in [-0.15, -0.1) is 11.8 Å². The molecule has 2 nitrogen and oxygen atoms in total. The maximum atomic E-state index is 8.86. The van der Waals surface area contributed by atoms with Crippen LogP contribution in [0, 0.1) is 18.3 Å². The first kappa shape index (κ1) is 12.9. The van der Waals surface area contributed by atoms with Crippen molar-refractivity contribution < 1.29 is 0 Å². The van der Waals surface area contributed by atoms with Gasteiger partial charge in [0.1, 0.15) is 5.15 Å².